The first kappa shape index (κ1) is 21.6. The molecular weight excluding hydrogens is 340 g/mol. The van der Waals surface area contributed by atoms with Gasteiger partial charge in [-0.3, -0.25) is 0 Å². The summed E-state index contributed by atoms with van der Waals surface area (Å²) in [7, 11) is -4.29. The number of hydrogen-bond donors (Lipinski definition) is 0. The van der Waals surface area contributed by atoms with Crippen LogP contribution >= 0.6 is 0 Å². The molecule has 0 heterocycles. The molecule has 142 valence electrons. The highest BCUT2D eigenvalue weighted by Crippen LogP contribution is 2.11. The average Bonchev–Trinajstić information content (AvgIpc) is 2.60. The molecule has 0 bridgehead atoms. The fourth-order valence-electron chi connectivity index (χ4n) is 2.49. The van der Waals surface area contributed by atoms with E-state index in [0.29, 0.717) is 6.42 Å². The topological polar surface area (TPSA) is 69.7 Å². The summed E-state index contributed by atoms with van der Waals surface area (Å²) in [5, 5.41) is 0. The Hall–Kier alpha value is -1.40. The van der Waals surface area contributed by atoms with Crippen molar-refractivity contribution in [1.82, 2.24) is 0 Å². The summed E-state index contributed by atoms with van der Waals surface area (Å²) < 4.78 is 32.4. The number of rotatable bonds is 14. The van der Waals surface area contributed by atoms with Crippen LogP contribution in [-0.2, 0) is 18.8 Å². The highest BCUT2D eigenvalue weighted by Gasteiger charge is 2.19. The van der Waals surface area contributed by atoms with Crippen LogP contribution in [0.5, 0.6) is 0 Å². The first-order valence-electron chi connectivity index (χ1n) is 9.23. The summed E-state index contributed by atoms with van der Waals surface area (Å²) in [6, 6.07) is 7.97. The number of benzene rings is 1. The standard InChI is InChI=1S/C19H30O5S/c1-2-3-4-5-6-7-8-9-10-14-17-23-25(21,22)24-19(20)18-15-12-11-13-16-18/h11-13,15-16H,2-10,14,17H2,1H3. The smallest absolute Gasteiger partial charge is 0.320 e. The van der Waals surface area contributed by atoms with E-state index in [9.17, 15) is 13.2 Å². The van der Waals surface area contributed by atoms with Gasteiger partial charge < -0.3 is 4.18 Å². The maximum absolute atomic E-state index is 11.7. The predicted octanol–water partition coefficient (Wildman–Crippen LogP) is 5.03. The maximum Gasteiger partial charge on any atom is 0.451 e. The second-order valence-corrected chi connectivity index (χ2v) is 7.37. The van der Waals surface area contributed by atoms with Gasteiger partial charge in [0, 0.05) is 0 Å². The molecule has 0 fully saturated rings. The Labute approximate surface area is 152 Å². The molecule has 1 rings (SSSR count). The molecule has 0 saturated heterocycles. The maximum atomic E-state index is 11.7. The van der Waals surface area contributed by atoms with Crippen molar-refractivity contribution >= 4 is 16.4 Å². The van der Waals surface area contributed by atoms with Crippen molar-refractivity contribution in [3.63, 3.8) is 0 Å². The van der Waals surface area contributed by atoms with Crippen LogP contribution in [-0.4, -0.2) is 21.0 Å². The van der Waals surface area contributed by atoms with Gasteiger partial charge in [-0.15, -0.1) is 0 Å². The Kier molecular flexibility index (Phi) is 11.2. The second kappa shape index (κ2) is 12.9. The van der Waals surface area contributed by atoms with Gasteiger partial charge in [0.25, 0.3) is 0 Å². The van der Waals surface area contributed by atoms with Gasteiger partial charge in [0.1, 0.15) is 0 Å². The van der Waals surface area contributed by atoms with Gasteiger partial charge in [-0.25, -0.2) is 8.98 Å². The van der Waals surface area contributed by atoms with Crippen molar-refractivity contribution in [2.75, 3.05) is 6.61 Å². The van der Waals surface area contributed by atoms with Gasteiger partial charge in [-0.05, 0) is 18.6 Å². The molecule has 0 aliphatic rings. The Morgan fingerprint density at radius 3 is 1.92 bits per heavy atom. The van der Waals surface area contributed by atoms with Crippen molar-refractivity contribution in [1.29, 1.82) is 0 Å². The Bertz CT molecular complexity index is 569. The van der Waals surface area contributed by atoms with Gasteiger partial charge in [0.15, 0.2) is 0 Å². The van der Waals surface area contributed by atoms with Crippen LogP contribution in [0.15, 0.2) is 30.3 Å². The summed E-state index contributed by atoms with van der Waals surface area (Å²) in [5.41, 5.74) is 0.175. The zero-order valence-electron chi connectivity index (χ0n) is 15.1. The number of hydrogen-bond acceptors (Lipinski definition) is 5. The molecule has 0 N–H and O–H groups in total. The van der Waals surface area contributed by atoms with E-state index in [4.69, 9.17) is 4.18 Å². The van der Waals surface area contributed by atoms with Gasteiger partial charge in [-0.2, -0.15) is 8.42 Å². The second-order valence-electron chi connectivity index (χ2n) is 6.15. The predicted molar refractivity (Wildman–Crippen MR) is 98.6 cm³/mol. The third kappa shape index (κ3) is 10.9. The summed E-state index contributed by atoms with van der Waals surface area (Å²) in [4.78, 5) is 11.7. The zero-order valence-corrected chi connectivity index (χ0v) is 15.9. The molecule has 0 spiro atoms. The van der Waals surface area contributed by atoms with Crippen molar-refractivity contribution in [3.8, 4) is 0 Å². The van der Waals surface area contributed by atoms with E-state index in [1.807, 2.05) is 0 Å². The minimum absolute atomic E-state index is 0.0426. The molecule has 25 heavy (non-hydrogen) atoms. The van der Waals surface area contributed by atoms with E-state index in [-0.39, 0.29) is 12.2 Å². The fraction of sp³-hybridized carbons (Fsp3) is 0.632. The van der Waals surface area contributed by atoms with Crippen LogP contribution in [0.3, 0.4) is 0 Å². The molecule has 0 saturated carbocycles. The Morgan fingerprint density at radius 2 is 1.36 bits per heavy atom. The highest BCUT2D eigenvalue weighted by atomic mass is 32.3. The molecule has 0 radical (unpaired) electrons. The minimum Gasteiger partial charge on any atom is -0.320 e. The van der Waals surface area contributed by atoms with Gasteiger partial charge >= 0.3 is 16.4 Å². The molecule has 1 aromatic carbocycles. The minimum atomic E-state index is -4.29. The van der Waals surface area contributed by atoms with E-state index < -0.39 is 16.4 Å². The lowest BCUT2D eigenvalue weighted by atomic mass is 10.1. The largest absolute Gasteiger partial charge is 0.451 e. The molecule has 0 atom stereocenters. The number of carbonyl (C=O) groups excluding carboxylic acids is 1. The van der Waals surface area contributed by atoms with Crippen molar-refractivity contribution in [2.45, 2.75) is 71.1 Å². The number of unbranched alkanes of at least 4 members (excludes halogenated alkanes) is 9. The average molecular weight is 371 g/mol. The lowest BCUT2D eigenvalue weighted by Crippen LogP contribution is -2.16. The van der Waals surface area contributed by atoms with E-state index >= 15 is 0 Å². The highest BCUT2D eigenvalue weighted by molar-refractivity contribution is 7.82. The lowest BCUT2D eigenvalue weighted by Gasteiger charge is -2.06. The van der Waals surface area contributed by atoms with Crippen LogP contribution in [0.2, 0.25) is 0 Å². The van der Waals surface area contributed by atoms with E-state index in [1.165, 1.54) is 57.1 Å². The van der Waals surface area contributed by atoms with Crippen LogP contribution in [0, 0.1) is 0 Å². The molecule has 0 unspecified atom stereocenters. The molecule has 0 aromatic heterocycles. The molecule has 0 aliphatic carbocycles. The first-order valence-corrected chi connectivity index (χ1v) is 10.6. The quantitative estimate of drug-likeness (QED) is 0.430. The summed E-state index contributed by atoms with van der Waals surface area (Å²) >= 11 is 0. The third-order valence-corrected chi connectivity index (χ3v) is 4.72. The normalized spacial score (nSPS) is 11.4. The van der Waals surface area contributed by atoms with Gasteiger partial charge in [0.05, 0.1) is 12.2 Å². The Morgan fingerprint density at radius 1 is 0.840 bits per heavy atom. The molecule has 0 amide bonds. The monoisotopic (exact) mass is 370 g/mol. The van der Waals surface area contributed by atoms with E-state index in [1.54, 1.807) is 18.2 Å². The third-order valence-electron chi connectivity index (χ3n) is 3.91. The van der Waals surface area contributed by atoms with Crippen molar-refractivity contribution in [2.24, 2.45) is 0 Å². The van der Waals surface area contributed by atoms with Gasteiger partial charge in [-0.1, -0.05) is 82.9 Å². The molecule has 0 aliphatic heterocycles. The zero-order chi connectivity index (χ0) is 18.4. The van der Waals surface area contributed by atoms with Crippen molar-refractivity contribution in [3.05, 3.63) is 35.9 Å². The summed E-state index contributed by atoms with van der Waals surface area (Å²) in [6.07, 6.45) is 11.5. The van der Waals surface area contributed by atoms with Crippen LogP contribution in [0.25, 0.3) is 0 Å². The first-order chi connectivity index (χ1) is 12.0. The molecule has 6 heteroatoms. The van der Waals surface area contributed by atoms with Gasteiger partial charge in [0.2, 0.25) is 0 Å². The van der Waals surface area contributed by atoms with Crippen LogP contribution < -0.4 is 0 Å². The Balaban J connectivity index is 2.06. The summed E-state index contributed by atoms with van der Waals surface area (Å²) in [5.74, 6) is -0.927. The molecular formula is C19H30O5S. The fourth-order valence-corrected chi connectivity index (χ4v) is 3.14. The van der Waals surface area contributed by atoms with E-state index in [0.717, 1.165) is 12.8 Å². The molecule has 5 nitrogen and oxygen atoms in total. The van der Waals surface area contributed by atoms with Crippen LogP contribution in [0.4, 0.5) is 0 Å². The van der Waals surface area contributed by atoms with Crippen LogP contribution in [0.1, 0.15) is 81.5 Å². The molecule has 1 aromatic rings. The van der Waals surface area contributed by atoms with E-state index in [2.05, 4.69) is 11.1 Å². The lowest BCUT2D eigenvalue weighted by molar-refractivity contribution is 0.0711. The van der Waals surface area contributed by atoms with Crippen molar-refractivity contribution < 1.29 is 21.6 Å². The number of carbonyl (C=O) groups is 1. The SMILES string of the molecule is CCCCCCCCCCCCOS(=O)(=O)OC(=O)c1ccccc1. The summed E-state index contributed by atoms with van der Waals surface area (Å²) in [6.45, 7) is 2.26.